The Balaban J connectivity index is 2.19. The first kappa shape index (κ1) is 18.4. The van der Waals surface area contributed by atoms with Crippen LogP contribution in [0.3, 0.4) is 0 Å². The highest BCUT2D eigenvalue weighted by molar-refractivity contribution is 7.92. The van der Waals surface area contributed by atoms with E-state index in [0.717, 1.165) is 12.0 Å². The Labute approximate surface area is 142 Å². The molecule has 6 nitrogen and oxygen atoms in total. The van der Waals surface area contributed by atoms with Gasteiger partial charge in [0, 0.05) is 5.69 Å². The highest BCUT2D eigenvalue weighted by atomic mass is 32.2. The number of primary sulfonamides is 1. The molecule has 0 aliphatic heterocycles. The van der Waals surface area contributed by atoms with Crippen LogP contribution in [0.25, 0.3) is 0 Å². The zero-order chi connectivity index (χ0) is 18.0. The molecule has 3 N–H and O–H groups in total. The van der Waals surface area contributed by atoms with Gasteiger partial charge in [-0.3, -0.25) is 4.72 Å². The van der Waals surface area contributed by atoms with E-state index >= 15 is 0 Å². The van der Waals surface area contributed by atoms with Crippen LogP contribution in [0.5, 0.6) is 0 Å². The summed E-state index contributed by atoms with van der Waals surface area (Å²) in [7, 11) is -7.55. The Morgan fingerprint density at radius 3 is 1.83 bits per heavy atom. The molecule has 0 saturated heterocycles. The third-order valence-electron chi connectivity index (χ3n) is 3.31. The zero-order valence-electron chi connectivity index (χ0n) is 13.4. The Kier molecular flexibility index (Phi) is 5.32. The van der Waals surface area contributed by atoms with Crippen LogP contribution in [0.1, 0.15) is 19.4 Å². The summed E-state index contributed by atoms with van der Waals surface area (Å²) in [6.45, 7) is 4.19. The lowest BCUT2D eigenvalue weighted by molar-refractivity contribution is 0.597. The minimum atomic E-state index is -3.81. The maximum atomic E-state index is 12.4. The average molecular weight is 368 g/mol. The van der Waals surface area contributed by atoms with Crippen LogP contribution in [0, 0.1) is 5.92 Å². The molecule has 0 amide bonds. The van der Waals surface area contributed by atoms with E-state index in [1.165, 1.54) is 24.3 Å². The van der Waals surface area contributed by atoms with E-state index < -0.39 is 20.0 Å². The van der Waals surface area contributed by atoms with Gasteiger partial charge in [-0.2, -0.15) is 0 Å². The second-order valence-corrected chi connectivity index (χ2v) is 9.16. The quantitative estimate of drug-likeness (QED) is 0.816. The number of hydrogen-bond donors (Lipinski definition) is 2. The molecule has 0 aliphatic rings. The Morgan fingerprint density at radius 2 is 1.38 bits per heavy atom. The fourth-order valence-electron chi connectivity index (χ4n) is 2.20. The molecule has 0 spiro atoms. The predicted octanol–water partition coefficient (Wildman–Crippen LogP) is 2.33. The lowest BCUT2D eigenvalue weighted by Crippen LogP contribution is -2.14. The molecule has 2 rings (SSSR count). The summed E-state index contributed by atoms with van der Waals surface area (Å²) in [6.07, 6.45) is 0.878. The van der Waals surface area contributed by atoms with Gasteiger partial charge in [-0.25, -0.2) is 22.0 Å². The molecule has 0 unspecified atom stereocenters. The van der Waals surface area contributed by atoms with Gasteiger partial charge >= 0.3 is 0 Å². The third kappa shape index (κ3) is 4.80. The van der Waals surface area contributed by atoms with Crippen molar-refractivity contribution in [3.8, 4) is 0 Å². The van der Waals surface area contributed by atoms with Gasteiger partial charge in [0.25, 0.3) is 10.0 Å². The van der Waals surface area contributed by atoms with E-state index in [9.17, 15) is 16.8 Å². The predicted molar refractivity (Wildman–Crippen MR) is 93.6 cm³/mol. The van der Waals surface area contributed by atoms with E-state index in [0.29, 0.717) is 5.92 Å². The second kappa shape index (κ2) is 6.92. The van der Waals surface area contributed by atoms with Crippen LogP contribution in [0.4, 0.5) is 5.69 Å². The first-order valence-electron chi connectivity index (χ1n) is 7.32. The number of nitrogens with one attached hydrogen (secondary N) is 1. The van der Waals surface area contributed by atoms with Crippen molar-refractivity contribution in [2.24, 2.45) is 11.1 Å². The number of benzene rings is 2. The van der Waals surface area contributed by atoms with Gasteiger partial charge in [-0.05, 0) is 54.3 Å². The fourth-order valence-corrected chi connectivity index (χ4v) is 3.78. The van der Waals surface area contributed by atoms with Crippen LogP contribution in [-0.4, -0.2) is 16.8 Å². The second-order valence-electron chi connectivity index (χ2n) is 5.92. The highest BCUT2D eigenvalue weighted by Crippen LogP contribution is 2.19. The molecule has 24 heavy (non-hydrogen) atoms. The summed E-state index contributed by atoms with van der Waals surface area (Å²) < 4.78 is 49.5. The lowest BCUT2D eigenvalue weighted by Gasteiger charge is -2.10. The van der Waals surface area contributed by atoms with Crippen LogP contribution in [0.15, 0.2) is 58.3 Å². The standard InChI is InChI=1S/C16H20N2O4S2/c1-12(2)11-13-3-7-16(8-4-13)24(21,22)18-14-5-9-15(10-6-14)23(17,19)20/h3-10,12,18H,11H2,1-2H3,(H2,17,19,20). The number of rotatable bonds is 6. The molecule has 0 atom stereocenters. The summed E-state index contributed by atoms with van der Waals surface area (Å²) in [5.41, 5.74) is 1.33. The smallest absolute Gasteiger partial charge is 0.261 e. The maximum Gasteiger partial charge on any atom is 0.261 e. The minimum absolute atomic E-state index is 0.0801. The van der Waals surface area contributed by atoms with E-state index in [4.69, 9.17) is 5.14 Å². The normalized spacial score (nSPS) is 12.3. The zero-order valence-corrected chi connectivity index (χ0v) is 15.1. The summed E-state index contributed by atoms with van der Waals surface area (Å²) in [5.74, 6) is 0.489. The van der Waals surface area contributed by atoms with Gasteiger partial charge in [0.2, 0.25) is 10.0 Å². The first-order valence-corrected chi connectivity index (χ1v) is 10.4. The first-order chi connectivity index (χ1) is 11.1. The SMILES string of the molecule is CC(C)Cc1ccc(S(=O)(=O)Nc2ccc(S(N)(=O)=O)cc2)cc1. The molecule has 0 fully saturated rings. The Bertz CT molecular complexity index is 902. The van der Waals surface area contributed by atoms with Gasteiger partial charge in [0.05, 0.1) is 9.79 Å². The van der Waals surface area contributed by atoms with Crippen molar-refractivity contribution in [2.45, 2.75) is 30.1 Å². The molecular weight excluding hydrogens is 348 g/mol. The number of hydrogen-bond acceptors (Lipinski definition) is 4. The summed E-state index contributed by atoms with van der Waals surface area (Å²) in [5, 5.41) is 5.01. The molecule has 0 radical (unpaired) electrons. The fraction of sp³-hybridized carbons (Fsp3) is 0.250. The van der Waals surface area contributed by atoms with Crippen LogP contribution in [-0.2, 0) is 26.5 Å². The van der Waals surface area contributed by atoms with Crippen LogP contribution < -0.4 is 9.86 Å². The monoisotopic (exact) mass is 368 g/mol. The van der Waals surface area contributed by atoms with Crippen molar-refractivity contribution in [3.63, 3.8) is 0 Å². The van der Waals surface area contributed by atoms with Gasteiger partial charge in [-0.1, -0.05) is 26.0 Å². The molecule has 0 heterocycles. The van der Waals surface area contributed by atoms with E-state index in [2.05, 4.69) is 18.6 Å². The van der Waals surface area contributed by atoms with Gasteiger partial charge < -0.3 is 0 Å². The third-order valence-corrected chi connectivity index (χ3v) is 5.64. The molecule has 2 aromatic rings. The van der Waals surface area contributed by atoms with Gasteiger partial charge in [0.15, 0.2) is 0 Å². The molecule has 130 valence electrons. The van der Waals surface area contributed by atoms with Crippen molar-refractivity contribution < 1.29 is 16.8 Å². The number of anilines is 1. The number of sulfonamides is 2. The molecule has 0 aromatic heterocycles. The highest BCUT2D eigenvalue weighted by Gasteiger charge is 2.15. The van der Waals surface area contributed by atoms with Crippen molar-refractivity contribution in [3.05, 3.63) is 54.1 Å². The number of nitrogens with two attached hydrogens (primary N) is 1. The van der Waals surface area contributed by atoms with Gasteiger partial charge in [0.1, 0.15) is 0 Å². The summed E-state index contributed by atoms with van der Waals surface area (Å²) in [6, 6.07) is 11.9. The van der Waals surface area contributed by atoms with Crippen molar-refractivity contribution in [1.29, 1.82) is 0 Å². The molecule has 8 heteroatoms. The molecule has 0 saturated carbocycles. The average Bonchev–Trinajstić information content (AvgIpc) is 2.46. The van der Waals surface area contributed by atoms with E-state index in [1.807, 2.05) is 0 Å². The van der Waals surface area contributed by atoms with E-state index in [-0.39, 0.29) is 15.5 Å². The van der Waals surface area contributed by atoms with Crippen molar-refractivity contribution >= 4 is 25.7 Å². The van der Waals surface area contributed by atoms with Gasteiger partial charge in [-0.15, -0.1) is 0 Å². The Hall–Kier alpha value is -1.90. The molecular formula is C16H20N2O4S2. The minimum Gasteiger partial charge on any atom is -0.280 e. The largest absolute Gasteiger partial charge is 0.280 e. The van der Waals surface area contributed by atoms with Crippen molar-refractivity contribution in [1.82, 2.24) is 0 Å². The van der Waals surface area contributed by atoms with Crippen molar-refractivity contribution in [2.75, 3.05) is 4.72 Å². The molecule has 0 aliphatic carbocycles. The molecule has 0 bridgehead atoms. The lowest BCUT2D eigenvalue weighted by atomic mass is 10.0. The summed E-state index contributed by atoms with van der Waals surface area (Å²) in [4.78, 5) is 0.0639. The summed E-state index contributed by atoms with van der Waals surface area (Å²) >= 11 is 0. The van der Waals surface area contributed by atoms with Crippen LogP contribution in [0.2, 0.25) is 0 Å². The van der Waals surface area contributed by atoms with Crippen LogP contribution >= 0.6 is 0 Å². The maximum absolute atomic E-state index is 12.4. The molecule has 2 aromatic carbocycles. The Morgan fingerprint density at radius 1 is 0.875 bits per heavy atom. The van der Waals surface area contributed by atoms with E-state index in [1.54, 1.807) is 24.3 Å². The topological polar surface area (TPSA) is 106 Å².